The van der Waals surface area contributed by atoms with Gasteiger partial charge in [0.25, 0.3) is 0 Å². The maximum absolute atomic E-state index is 13.3. The van der Waals surface area contributed by atoms with Gasteiger partial charge in [-0.15, -0.1) is 0 Å². The van der Waals surface area contributed by atoms with Gasteiger partial charge in [0.1, 0.15) is 11.5 Å². The summed E-state index contributed by atoms with van der Waals surface area (Å²) in [5.74, 6) is -0.230. The minimum absolute atomic E-state index is 0.202. The van der Waals surface area contributed by atoms with Crippen molar-refractivity contribution in [3.63, 3.8) is 0 Å². The average molecular weight is 269 g/mol. The molecule has 0 aliphatic carbocycles. The molecule has 0 unspecified atom stereocenters. The monoisotopic (exact) mass is 269 g/mol. The fraction of sp³-hybridized carbons (Fsp3) is 0.0667. The molecule has 0 amide bonds. The van der Waals surface area contributed by atoms with E-state index >= 15 is 0 Å². The Morgan fingerprint density at radius 3 is 2.55 bits per heavy atom. The van der Waals surface area contributed by atoms with Crippen molar-refractivity contribution in [2.75, 3.05) is 5.73 Å². The SMILES string of the molecule is Cc1ccc(-c2c(-c3cncc(F)c3)noc2N)cc1. The van der Waals surface area contributed by atoms with Crippen molar-refractivity contribution in [2.45, 2.75) is 6.92 Å². The molecule has 5 heteroatoms. The van der Waals surface area contributed by atoms with Crippen LogP contribution in [0.5, 0.6) is 0 Å². The summed E-state index contributed by atoms with van der Waals surface area (Å²) >= 11 is 0. The summed E-state index contributed by atoms with van der Waals surface area (Å²) in [5.41, 5.74) is 9.51. The van der Waals surface area contributed by atoms with E-state index in [4.69, 9.17) is 10.3 Å². The topological polar surface area (TPSA) is 64.9 Å². The van der Waals surface area contributed by atoms with Gasteiger partial charge in [0.15, 0.2) is 0 Å². The first-order valence-electron chi connectivity index (χ1n) is 6.08. The molecule has 20 heavy (non-hydrogen) atoms. The van der Waals surface area contributed by atoms with E-state index in [1.165, 1.54) is 12.3 Å². The van der Waals surface area contributed by atoms with Gasteiger partial charge in [-0.2, -0.15) is 0 Å². The normalized spacial score (nSPS) is 10.7. The number of aryl methyl sites for hydroxylation is 1. The maximum atomic E-state index is 13.3. The summed E-state index contributed by atoms with van der Waals surface area (Å²) < 4.78 is 18.3. The lowest BCUT2D eigenvalue weighted by Crippen LogP contribution is -1.89. The maximum Gasteiger partial charge on any atom is 0.230 e. The number of nitrogen functional groups attached to an aromatic ring is 1. The first-order chi connectivity index (χ1) is 9.65. The van der Waals surface area contributed by atoms with Crippen LogP contribution in [0.1, 0.15) is 5.56 Å². The molecular formula is C15H12FN3O. The van der Waals surface area contributed by atoms with Gasteiger partial charge in [-0.05, 0) is 18.6 Å². The number of rotatable bonds is 2. The van der Waals surface area contributed by atoms with Crippen LogP contribution in [0.15, 0.2) is 47.2 Å². The van der Waals surface area contributed by atoms with Crippen LogP contribution in [-0.4, -0.2) is 10.1 Å². The molecule has 0 atom stereocenters. The van der Waals surface area contributed by atoms with Gasteiger partial charge in [-0.3, -0.25) is 4.98 Å². The van der Waals surface area contributed by atoms with Crippen LogP contribution in [-0.2, 0) is 0 Å². The van der Waals surface area contributed by atoms with Crippen LogP contribution >= 0.6 is 0 Å². The molecule has 0 radical (unpaired) electrons. The van der Waals surface area contributed by atoms with Gasteiger partial charge in [-0.25, -0.2) is 4.39 Å². The molecule has 2 N–H and O–H groups in total. The van der Waals surface area contributed by atoms with E-state index in [0.29, 0.717) is 16.8 Å². The van der Waals surface area contributed by atoms with Crippen molar-refractivity contribution in [2.24, 2.45) is 0 Å². The zero-order chi connectivity index (χ0) is 14.1. The van der Waals surface area contributed by atoms with Gasteiger partial charge in [-0.1, -0.05) is 35.0 Å². The number of nitrogens with two attached hydrogens (primary N) is 1. The number of hydrogen-bond acceptors (Lipinski definition) is 4. The molecule has 0 spiro atoms. The van der Waals surface area contributed by atoms with Crippen LogP contribution in [0.3, 0.4) is 0 Å². The molecule has 2 aromatic heterocycles. The standard InChI is InChI=1S/C15H12FN3O/c1-9-2-4-10(5-3-9)13-14(19-20-15(13)17)11-6-12(16)8-18-7-11/h2-8H,17H2,1H3. The van der Waals surface area contributed by atoms with Crippen LogP contribution in [0.2, 0.25) is 0 Å². The Morgan fingerprint density at radius 2 is 1.85 bits per heavy atom. The minimum atomic E-state index is -0.432. The third-order valence-electron chi connectivity index (χ3n) is 3.04. The number of halogens is 1. The number of hydrogen-bond donors (Lipinski definition) is 1. The number of pyridine rings is 1. The van der Waals surface area contributed by atoms with E-state index in [1.54, 1.807) is 0 Å². The van der Waals surface area contributed by atoms with Crippen LogP contribution in [0.25, 0.3) is 22.4 Å². The van der Waals surface area contributed by atoms with E-state index in [2.05, 4.69) is 10.1 Å². The summed E-state index contributed by atoms with van der Waals surface area (Å²) in [6, 6.07) is 9.13. The Labute approximate surface area is 115 Å². The second-order valence-corrected chi connectivity index (χ2v) is 4.53. The Kier molecular flexibility index (Phi) is 2.95. The summed E-state index contributed by atoms with van der Waals surface area (Å²) in [6.07, 6.45) is 2.66. The molecular weight excluding hydrogens is 257 g/mol. The van der Waals surface area contributed by atoms with E-state index < -0.39 is 5.82 Å². The predicted molar refractivity (Wildman–Crippen MR) is 74.3 cm³/mol. The number of nitrogens with zero attached hydrogens (tertiary/aromatic N) is 2. The van der Waals surface area contributed by atoms with Crippen LogP contribution in [0.4, 0.5) is 10.3 Å². The van der Waals surface area contributed by atoms with Gasteiger partial charge >= 0.3 is 0 Å². The summed E-state index contributed by atoms with van der Waals surface area (Å²) in [6.45, 7) is 2.00. The number of benzene rings is 1. The van der Waals surface area contributed by atoms with Crippen molar-refractivity contribution in [3.05, 3.63) is 54.1 Å². The van der Waals surface area contributed by atoms with Crippen molar-refractivity contribution < 1.29 is 8.91 Å². The molecule has 1 aromatic carbocycles. The van der Waals surface area contributed by atoms with Gasteiger partial charge < -0.3 is 10.3 Å². The highest BCUT2D eigenvalue weighted by molar-refractivity contribution is 5.86. The molecule has 0 aliphatic rings. The highest BCUT2D eigenvalue weighted by Gasteiger charge is 2.17. The van der Waals surface area contributed by atoms with E-state index in [1.807, 2.05) is 31.2 Å². The molecule has 3 aromatic rings. The fourth-order valence-corrected chi connectivity index (χ4v) is 2.04. The van der Waals surface area contributed by atoms with Crippen molar-refractivity contribution in [1.82, 2.24) is 10.1 Å². The van der Waals surface area contributed by atoms with Crippen LogP contribution < -0.4 is 5.73 Å². The average Bonchev–Trinajstić information content (AvgIpc) is 2.82. The Hall–Kier alpha value is -2.69. The summed E-state index contributed by atoms with van der Waals surface area (Å²) in [4.78, 5) is 3.82. The zero-order valence-corrected chi connectivity index (χ0v) is 10.8. The van der Waals surface area contributed by atoms with Crippen LogP contribution in [0, 0.1) is 12.7 Å². The second-order valence-electron chi connectivity index (χ2n) is 4.53. The van der Waals surface area contributed by atoms with E-state index in [0.717, 1.165) is 17.3 Å². The highest BCUT2D eigenvalue weighted by Crippen LogP contribution is 2.36. The molecule has 2 heterocycles. The lowest BCUT2D eigenvalue weighted by molar-refractivity contribution is 0.439. The molecule has 0 bridgehead atoms. The second kappa shape index (κ2) is 4.77. The smallest absolute Gasteiger partial charge is 0.230 e. The van der Waals surface area contributed by atoms with Gasteiger partial charge in [0.05, 0.1) is 11.8 Å². The lowest BCUT2D eigenvalue weighted by atomic mass is 10.0. The Balaban J connectivity index is 2.17. The molecule has 0 saturated carbocycles. The summed E-state index contributed by atoms with van der Waals surface area (Å²) in [7, 11) is 0. The molecule has 4 nitrogen and oxygen atoms in total. The largest absolute Gasteiger partial charge is 0.367 e. The highest BCUT2D eigenvalue weighted by atomic mass is 19.1. The van der Waals surface area contributed by atoms with Gasteiger partial charge in [0, 0.05) is 11.8 Å². The van der Waals surface area contributed by atoms with Crippen molar-refractivity contribution in [1.29, 1.82) is 0 Å². The summed E-state index contributed by atoms with van der Waals surface area (Å²) in [5, 5.41) is 3.92. The Morgan fingerprint density at radius 1 is 1.10 bits per heavy atom. The first-order valence-corrected chi connectivity index (χ1v) is 6.08. The van der Waals surface area contributed by atoms with E-state index in [-0.39, 0.29) is 5.88 Å². The molecule has 3 rings (SSSR count). The number of anilines is 1. The number of aromatic nitrogens is 2. The lowest BCUT2D eigenvalue weighted by Gasteiger charge is -2.03. The third-order valence-corrected chi connectivity index (χ3v) is 3.04. The third kappa shape index (κ3) is 2.14. The Bertz CT molecular complexity index is 750. The molecule has 0 aliphatic heterocycles. The van der Waals surface area contributed by atoms with Crippen molar-refractivity contribution >= 4 is 5.88 Å². The fourth-order valence-electron chi connectivity index (χ4n) is 2.04. The minimum Gasteiger partial charge on any atom is -0.367 e. The zero-order valence-electron chi connectivity index (χ0n) is 10.8. The quantitative estimate of drug-likeness (QED) is 0.774. The van der Waals surface area contributed by atoms with Gasteiger partial charge in [0.2, 0.25) is 5.88 Å². The van der Waals surface area contributed by atoms with Crippen molar-refractivity contribution in [3.8, 4) is 22.4 Å². The molecule has 100 valence electrons. The van der Waals surface area contributed by atoms with E-state index in [9.17, 15) is 4.39 Å². The molecule has 0 fully saturated rings. The predicted octanol–water partition coefficient (Wildman–Crippen LogP) is 3.43. The first kappa shape index (κ1) is 12.3. The molecule has 0 saturated heterocycles.